The number of methoxy groups -OCH3 is 1. The molecule has 1 unspecified atom stereocenters. The Morgan fingerprint density at radius 1 is 1.28 bits per heavy atom. The minimum Gasteiger partial charge on any atom is -0.465 e. The third-order valence-corrected chi connectivity index (χ3v) is 5.58. The van der Waals surface area contributed by atoms with Crippen molar-refractivity contribution in [1.82, 2.24) is 9.97 Å². The SMILES string of the molecule is COC(=O)c1ccccc1Nc1ccnc(NC2CCS(=O)(=O)C2)n1. The van der Waals surface area contributed by atoms with Gasteiger partial charge in [0.25, 0.3) is 0 Å². The summed E-state index contributed by atoms with van der Waals surface area (Å²) >= 11 is 0. The van der Waals surface area contributed by atoms with E-state index < -0.39 is 15.8 Å². The average Bonchev–Trinajstić information content (AvgIpc) is 2.93. The lowest BCUT2D eigenvalue weighted by atomic mass is 10.2. The molecule has 0 bridgehead atoms. The monoisotopic (exact) mass is 362 g/mol. The van der Waals surface area contributed by atoms with Crippen molar-refractivity contribution in [2.75, 3.05) is 29.2 Å². The number of ether oxygens (including phenoxy) is 1. The second kappa shape index (κ2) is 7.06. The van der Waals surface area contributed by atoms with E-state index in [1.807, 2.05) is 0 Å². The molecule has 1 aromatic heterocycles. The van der Waals surface area contributed by atoms with Gasteiger partial charge in [-0.3, -0.25) is 0 Å². The van der Waals surface area contributed by atoms with Crippen LogP contribution in [0.2, 0.25) is 0 Å². The first-order valence-corrected chi connectivity index (χ1v) is 9.53. The number of sulfone groups is 1. The van der Waals surface area contributed by atoms with Crippen molar-refractivity contribution in [2.45, 2.75) is 12.5 Å². The van der Waals surface area contributed by atoms with E-state index >= 15 is 0 Å². The van der Waals surface area contributed by atoms with Crippen molar-refractivity contribution < 1.29 is 17.9 Å². The Morgan fingerprint density at radius 3 is 2.80 bits per heavy atom. The second-order valence-electron chi connectivity index (χ2n) is 5.67. The minimum absolute atomic E-state index is 0.0825. The highest BCUT2D eigenvalue weighted by Gasteiger charge is 2.28. The molecule has 1 atom stereocenters. The number of para-hydroxylation sites is 1. The van der Waals surface area contributed by atoms with Gasteiger partial charge < -0.3 is 15.4 Å². The van der Waals surface area contributed by atoms with E-state index in [2.05, 4.69) is 20.6 Å². The van der Waals surface area contributed by atoms with Crippen LogP contribution in [-0.4, -0.2) is 49.0 Å². The highest BCUT2D eigenvalue weighted by atomic mass is 32.2. The van der Waals surface area contributed by atoms with Crippen LogP contribution < -0.4 is 10.6 Å². The van der Waals surface area contributed by atoms with E-state index in [9.17, 15) is 13.2 Å². The second-order valence-corrected chi connectivity index (χ2v) is 7.90. The van der Waals surface area contributed by atoms with Crippen molar-refractivity contribution in [2.24, 2.45) is 0 Å². The zero-order valence-electron chi connectivity index (χ0n) is 13.6. The van der Waals surface area contributed by atoms with E-state index in [1.165, 1.54) is 7.11 Å². The molecule has 8 nitrogen and oxygen atoms in total. The zero-order chi connectivity index (χ0) is 17.9. The smallest absolute Gasteiger partial charge is 0.339 e. The molecule has 25 heavy (non-hydrogen) atoms. The quantitative estimate of drug-likeness (QED) is 0.772. The van der Waals surface area contributed by atoms with Gasteiger partial charge in [-0.15, -0.1) is 0 Å². The maximum atomic E-state index is 11.8. The van der Waals surface area contributed by atoms with Crippen LogP contribution in [0.3, 0.4) is 0 Å². The predicted octanol–water partition coefficient (Wildman–Crippen LogP) is 1.61. The van der Waals surface area contributed by atoms with Crippen LogP contribution in [0.1, 0.15) is 16.8 Å². The fraction of sp³-hybridized carbons (Fsp3) is 0.312. The number of anilines is 3. The summed E-state index contributed by atoms with van der Waals surface area (Å²) in [6, 6.07) is 8.39. The molecule has 0 spiro atoms. The lowest BCUT2D eigenvalue weighted by Crippen LogP contribution is -2.22. The van der Waals surface area contributed by atoms with Crippen LogP contribution >= 0.6 is 0 Å². The molecule has 2 N–H and O–H groups in total. The number of esters is 1. The Kier molecular flexibility index (Phi) is 4.84. The summed E-state index contributed by atoms with van der Waals surface area (Å²) in [5.74, 6) is 0.623. The molecule has 2 aromatic rings. The number of hydrogen-bond donors (Lipinski definition) is 2. The van der Waals surface area contributed by atoms with Crippen LogP contribution in [0.15, 0.2) is 36.5 Å². The molecule has 0 aliphatic carbocycles. The molecule has 1 saturated heterocycles. The van der Waals surface area contributed by atoms with Gasteiger partial charge in [0.15, 0.2) is 9.84 Å². The number of aromatic nitrogens is 2. The number of nitrogens with zero attached hydrogens (tertiary/aromatic N) is 2. The Balaban J connectivity index is 1.76. The summed E-state index contributed by atoms with van der Waals surface area (Å²) in [5.41, 5.74) is 0.947. The Labute approximate surface area is 145 Å². The van der Waals surface area contributed by atoms with Gasteiger partial charge in [-0.1, -0.05) is 12.1 Å². The standard InChI is InChI=1S/C16H18N4O4S/c1-24-15(21)12-4-2-3-5-13(12)19-14-6-8-17-16(20-14)18-11-7-9-25(22,23)10-11/h2-6,8,11H,7,9-10H2,1H3,(H2,17,18,19,20). The molecule has 9 heteroatoms. The number of nitrogens with one attached hydrogen (secondary N) is 2. The molecule has 132 valence electrons. The van der Waals surface area contributed by atoms with Gasteiger partial charge >= 0.3 is 5.97 Å². The highest BCUT2D eigenvalue weighted by Crippen LogP contribution is 2.21. The van der Waals surface area contributed by atoms with E-state index in [0.717, 1.165) is 0 Å². The van der Waals surface area contributed by atoms with Gasteiger partial charge in [0.1, 0.15) is 5.82 Å². The van der Waals surface area contributed by atoms with Crippen molar-refractivity contribution >= 4 is 33.3 Å². The van der Waals surface area contributed by atoms with Crippen molar-refractivity contribution in [3.63, 3.8) is 0 Å². The summed E-state index contributed by atoms with van der Waals surface area (Å²) in [6.07, 6.45) is 2.09. The third kappa shape index (κ3) is 4.24. The predicted molar refractivity (Wildman–Crippen MR) is 93.8 cm³/mol. The van der Waals surface area contributed by atoms with Crippen molar-refractivity contribution in [1.29, 1.82) is 0 Å². The van der Waals surface area contributed by atoms with Gasteiger partial charge in [0, 0.05) is 12.2 Å². The molecule has 1 aliphatic heterocycles. The number of benzene rings is 1. The van der Waals surface area contributed by atoms with E-state index in [4.69, 9.17) is 4.74 Å². The first-order chi connectivity index (χ1) is 12.0. The molecule has 1 aromatic carbocycles. The third-order valence-electron chi connectivity index (χ3n) is 3.82. The van der Waals surface area contributed by atoms with Crippen LogP contribution in [0, 0.1) is 0 Å². The Bertz CT molecular complexity index is 885. The zero-order valence-corrected chi connectivity index (χ0v) is 14.4. The Morgan fingerprint density at radius 2 is 2.08 bits per heavy atom. The molecule has 1 fully saturated rings. The molecule has 2 heterocycles. The molecular weight excluding hydrogens is 344 g/mol. The van der Waals surface area contributed by atoms with Gasteiger partial charge in [-0.25, -0.2) is 18.2 Å². The first kappa shape index (κ1) is 17.2. The fourth-order valence-corrected chi connectivity index (χ4v) is 4.28. The molecular formula is C16H18N4O4S. The minimum atomic E-state index is -2.98. The summed E-state index contributed by atoms with van der Waals surface area (Å²) < 4.78 is 27.8. The van der Waals surface area contributed by atoms with Crippen LogP contribution in [-0.2, 0) is 14.6 Å². The summed E-state index contributed by atoms with van der Waals surface area (Å²) in [5, 5.41) is 6.10. The number of rotatable bonds is 5. The first-order valence-electron chi connectivity index (χ1n) is 7.71. The molecule has 1 aliphatic rings. The lowest BCUT2D eigenvalue weighted by Gasteiger charge is -2.13. The maximum Gasteiger partial charge on any atom is 0.339 e. The number of hydrogen-bond acceptors (Lipinski definition) is 8. The van der Waals surface area contributed by atoms with Crippen LogP contribution in [0.4, 0.5) is 17.5 Å². The fourth-order valence-electron chi connectivity index (χ4n) is 2.61. The van der Waals surface area contributed by atoms with E-state index in [0.29, 0.717) is 29.4 Å². The highest BCUT2D eigenvalue weighted by molar-refractivity contribution is 7.91. The topological polar surface area (TPSA) is 110 Å². The average molecular weight is 362 g/mol. The summed E-state index contributed by atoms with van der Waals surface area (Å²) in [6.45, 7) is 0. The molecule has 0 amide bonds. The molecule has 0 radical (unpaired) electrons. The number of carbonyl (C=O) groups excluding carboxylic acids is 1. The van der Waals surface area contributed by atoms with Gasteiger partial charge in [0.2, 0.25) is 5.95 Å². The Hall–Kier alpha value is -2.68. The van der Waals surface area contributed by atoms with E-state index in [-0.39, 0.29) is 17.5 Å². The van der Waals surface area contributed by atoms with Crippen LogP contribution in [0.5, 0.6) is 0 Å². The summed E-state index contributed by atoms with van der Waals surface area (Å²) in [7, 11) is -1.66. The summed E-state index contributed by atoms with van der Waals surface area (Å²) in [4.78, 5) is 20.3. The van der Waals surface area contributed by atoms with Gasteiger partial charge in [0.05, 0.1) is 29.9 Å². The van der Waals surface area contributed by atoms with E-state index in [1.54, 1.807) is 36.5 Å². The molecule has 0 saturated carbocycles. The van der Waals surface area contributed by atoms with Gasteiger partial charge in [-0.05, 0) is 24.6 Å². The number of carbonyl (C=O) groups is 1. The lowest BCUT2D eigenvalue weighted by molar-refractivity contribution is 0.0602. The van der Waals surface area contributed by atoms with Crippen molar-refractivity contribution in [3.05, 3.63) is 42.1 Å². The normalized spacial score (nSPS) is 18.5. The largest absolute Gasteiger partial charge is 0.465 e. The van der Waals surface area contributed by atoms with Crippen molar-refractivity contribution in [3.8, 4) is 0 Å². The maximum absolute atomic E-state index is 11.8. The van der Waals surface area contributed by atoms with Gasteiger partial charge in [-0.2, -0.15) is 4.98 Å². The molecule has 3 rings (SSSR count). The van der Waals surface area contributed by atoms with Crippen LogP contribution in [0.25, 0.3) is 0 Å².